The molecule has 20 heavy (non-hydrogen) atoms. The highest BCUT2D eigenvalue weighted by Gasteiger charge is 2.33. The Balaban J connectivity index is 2.16. The van der Waals surface area contributed by atoms with Crippen molar-refractivity contribution >= 4 is 25.8 Å². The van der Waals surface area contributed by atoms with Crippen LogP contribution in [0, 0.1) is 11.7 Å². The first-order valence-electron chi connectivity index (χ1n) is 6.79. The second kappa shape index (κ2) is 6.54. The van der Waals surface area contributed by atoms with Crippen molar-refractivity contribution in [3.05, 3.63) is 34.1 Å². The van der Waals surface area contributed by atoms with E-state index >= 15 is 0 Å². The van der Waals surface area contributed by atoms with Crippen molar-refractivity contribution in [3.8, 4) is 0 Å². The average molecular weight is 364 g/mol. The molecule has 1 aromatic carbocycles. The normalized spacial score (nSPS) is 22.9. The van der Waals surface area contributed by atoms with Crippen molar-refractivity contribution in [3.63, 3.8) is 0 Å². The van der Waals surface area contributed by atoms with Crippen LogP contribution in [-0.2, 0) is 16.3 Å². The van der Waals surface area contributed by atoms with E-state index < -0.39 is 9.84 Å². The second-order valence-corrected chi connectivity index (χ2v) is 8.27. The fourth-order valence-corrected chi connectivity index (χ4v) is 5.06. The van der Waals surface area contributed by atoms with Crippen LogP contribution in [-0.4, -0.2) is 32.5 Å². The lowest BCUT2D eigenvalue weighted by Gasteiger charge is -2.24. The summed E-state index contributed by atoms with van der Waals surface area (Å²) < 4.78 is 37.3. The summed E-state index contributed by atoms with van der Waals surface area (Å²) >= 11 is 3.27. The molecule has 0 bridgehead atoms. The Kier molecular flexibility index (Phi) is 5.20. The van der Waals surface area contributed by atoms with E-state index in [2.05, 4.69) is 21.2 Å². The number of sulfone groups is 1. The molecule has 0 radical (unpaired) electrons. The molecule has 1 N–H and O–H groups in total. The maximum Gasteiger partial charge on any atom is 0.150 e. The first-order chi connectivity index (χ1) is 9.43. The molecule has 3 nitrogen and oxygen atoms in total. The lowest BCUT2D eigenvalue weighted by atomic mass is 9.93. The number of likely N-dealkylation sites (N-methyl/N-ethyl adjacent to an activating group) is 1. The van der Waals surface area contributed by atoms with Gasteiger partial charge in [0.1, 0.15) is 5.82 Å². The van der Waals surface area contributed by atoms with Gasteiger partial charge in [0, 0.05) is 6.04 Å². The zero-order valence-electron chi connectivity index (χ0n) is 11.4. The summed E-state index contributed by atoms with van der Waals surface area (Å²) in [5.41, 5.74) is 0.875. The molecule has 1 aliphatic rings. The Morgan fingerprint density at radius 2 is 2.25 bits per heavy atom. The van der Waals surface area contributed by atoms with Crippen molar-refractivity contribution in [2.75, 3.05) is 18.1 Å². The number of hydrogen-bond donors (Lipinski definition) is 1. The lowest BCUT2D eigenvalue weighted by molar-refractivity contribution is 0.385. The first kappa shape index (κ1) is 15.9. The van der Waals surface area contributed by atoms with Gasteiger partial charge in [0.2, 0.25) is 0 Å². The number of rotatable bonds is 5. The predicted octanol–water partition coefficient (Wildman–Crippen LogP) is 2.54. The van der Waals surface area contributed by atoms with Gasteiger partial charge in [-0.3, -0.25) is 0 Å². The van der Waals surface area contributed by atoms with Gasteiger partial charge in [0.25, 0.3) is 0 Å². The van der Waals surface area contributed by atoms with Gasteiger partial charge in [0.05, 0.1) is 16.0 Å². The number of hydrogen-bond acceptors (Lipinski definition) is 3. The van der Waals surface area contributed by atoms with Crippen molar-refractivity contribution < 1.29 is 12.8 Å². The molecule has 0 aliphatic carbocycles. The molecule has 0 amide bonds. The molecule has 112 valence electrons. The summed E-state index contributed by atoms with van der Waals surface area (Å²) in [6.45, 7) is 2.77. The van der Waals surface area contributed by atoms with Crippen molar-refractivity contribution in [2.24, 2.45) is 5.92 Å². The van der Waals surface area contributed by atoms with Crippen LogP contribution >= 0.6 is 15.9 Å². The molecule has 0 aromatic heterocycles. The fraction of sp³-hybridized carbons (Fsp3) is 0.571. The maximum absolute atomic E-state index is 13.6. The molecule has 2 rings (SSSR count). The molecular formula is C14H19BrFNO2S. The minimum atomic E-state index is -2.90. The van der Waals surface area contributed by atoms with Gasteiger partial charge < -0.3 is 5.32 Å². The van der Waals surface area contributed by atoms with Crippen LogP contribution in [0.4, 0.5) is 4.39 Å². The van der Waals surface area contributed by atoms with Gasteiger partial charge in [-0.15, -0.1) is 0 Å². The van der Waals surface area contributed by atoms with Gasteiger partial charge in [-0.1, -0.05) is 19.1 Å². The molecule has 2 unspecified atom stereocenters. The van der Waals surface area contributed by atoms with Gasteiger partial charge in [0.15, 0.2) is 9.84 Å². The summed E-state index contributed by atoms with van der Waals surface area (Å²) in [5, 5.41) is 3.35. The van der Waals surface area contributed by atoms with Crippen LogP contribution < -0.4 is 5.32 Å². The van der Waals surface area contributed by atoms with Gasteiger partial charge in [-0.05, 0) is 52.9 Å². The Morgan fingerprint density at radius 3 is 2.85 bits per heavy atom. The summed E-state index contributed by atoms with van der Waals surface area (Å²) in [4.78, 5) is 0. The van der Waals surface area contributed by atoms with E-state index in [-0.39, 0.29) is 29.3 Å². The van der Waals surface area contributed by atoms with Crippen molar-refractivity contribution in [1.82, 2.24) is 5.32 Å². The largest absolute Gasteiger partial charge is 0.314 e. The smallest absolute Gasteiger partial charge is 0.150 e. The average Bonchev–Trinajstić information content (AvgIpc) is 2.74. The Morgan fingerprint density at radius 1 is 1.50 bits per heavy atom. The molecule has 6 heteroatoms. The topological polar surface area (TPSA) is 46.2 Å². The monoisotopic (exact) mass is 363 g/mol. The minimum absolute atomic E-state index is 0.0652. The standard InChI is InChI=1S/C14H19BrFNO2S/c1-2-17-13(11-6-7-20(18,19)9-11)8-10-4-3-5-12(16)14(10)15/h3-5,11,13,17H,2,6-9H2,1H3. The quantitative estimate of drug-likeness (QED) is 0.874. The maximum atomic E-state index is 13.6. The number of halogens is 2. The molecule has 1 aliphatic heterocycles. The Labute approximate surface area is 128 Å². The van der Waals surface area contributed by atoms with Crippen LogP contribution in [0.25, 0.3) is 0 Å². The Hall–Kier alpha value is -0.460. The summed E-state index contributed by atoms with van der Waals surface area (Å²) in [6.07, 6.45) is 1.32. The lowest BCUT2D eigenvalue weighted by Crippen LogP contribution is -2.38. The van der Waals surface area contributed by atoms with Gasteiger partial charge in [-0.25, -0.2) is 12.8 Å². The van der Waals surface area contributed by atoms with E-state index in [4.69, 9.17) is 0 Å². The van der Waals surface area contributed by atoms with E-state index in [1.165, 1.54) is 6.07 Å². The molecule has 1 fully saturated rings. The molecule has 0 spiro atoms. The summed E-state index contributed by atoms with van der Waals surface area (Å²) in [7, 11) is -2.90. The fourth-order valence-electron chi connectivity index (χ4n) is 2.75. The third-order valence-electron chi connectivity index (χ3n) is 3.77. The van der Waals surface area contributed by atoms with Gasteiger partial charge in [-0.2, -0.15) is 0 Å². The van der Waals surface area contributed by atoms with E-state index in [0.29, 0.717) is 17.3 Å². The highest BCUT2D eigenvalue weighted by atomic mass is 79.9. The van der Waals surface area contributed by atoms with Crippen LogP contribution in [0.5, 0.6) is 0 Å². The van der Waals surface area contributed by atoms with E-state index in [1.807, 2.05) is 13.0 Å². The summed E-state index contributed by atoms with van der Waals surface area (Å²) in [5.74, 6) is 0.327. The second-order valence-electron chi connectivity index (χ2n) is 5.24. The van der Waals surface area contributed by atoms with Crippen LogP contribution in [0.3, 0.4) is 0 Å². The molecule has 1 saturated heterocycles. The van der Waals surface area contributed by atoms with Crippen LogP contribution in [0.2, 0.25) is 0 Å². The molecular weight excluding hydrogens is 345 g/mol. The van der Waals surface area contributed by atoms with Crippen LogP contribution in [0.1, 0.15) is 18.9 Å². The van der Waals surface area contributed by atoms with Gasteiger partial charge >= 0.3 is 0 Å². The molecule has 0 saturated carbocycles. The van der Waals surface area contributed by atoms with E-state index in [9.17, 15) is 12.8 Å². The first-order valence-corrected chi connectivity index (χ1v) is 9.41. The molecule has 2 atom stereocenters. The van der Waals surface area contributed by atoms with Crippen LogP contribution in [0.15, 0.2) is 22.7 Å². The van der Waals surface area contributed by atoms with Crippen molar-refractivity contribution in [2.45, 2.75) is 25.8 Å². The highest BCUT2D eigenvalue weighted by Crippen LogP contribution is 2.27. The van der Waals surface area contributed by atoms with Crippen molar-refractivity contribution in [1.29, 1.82) is 0 Å². The molecule has 1 heterocycles. The third-order valence-corrected chi connectivity index (χ3v) is 6.46. The number of benzene rings is 1. The highest BCUT2D eigenvalue weighted by molar-refractivity contribution is 9.10. The Bertz CT molecular complexity index is 577. The predicted molar refractivity (Wildman–Crippen MR) is 82.0 cm³/mol. The third kappa shape index (κ3) is 3.80. The molecule has 1 aromatic rings. The zero-order chi connectivity index (χ0) is 14.8. The zero-order valence-corrected chi connectivity index (χ0v) is 13.8. The summed E-state index contributed by atoms with van der Waals surface area (Å²) in [6, 6.07) is 5.04. The van der Waals surface area contributed by atoms with E-state index in [1.54, 1.807) is 6.07 Å². The number of nitrogens with one attached hydrogen (secondary N) is 1. The van der Waals surface area contributed by atoms with E-state index in [0.717, 1.165) is 12.1 Å². The minimum Gasteiger partial charge on any atom is -0.314 e. The SMILES string of the molecule is CCNC(Cc1cccc(F)c1Br)C1CCS(=O)(=O)C1.